The molecule has 0 saturated heterocycles. The van der Waals surface area contributed by atoms with Gasteiger partial charge in [-0.05, 0) is 37.0 Å². The van der Waals surface area contributed by atoms with Crippen LogP contribution in [-0.2, 0) is 6.18 Å². The average Bonchev–Trinajstić information content (AvgIpc) is 3.62. The molecule has 1 amide bonds. The number of hydrogen-bond donors (Lipinski definition) is 2. The number of nitrogens with zero attached hydrogens (tertiary/aromatic N) is 4. The van der Waals surface area contributed by atoms with Gasteiger partial charge in [0.25, 0.3) is 11.5 Å². The number of carbonyl (C=O) groups is 1. The predicted molar refractivity (Wildman–Crippen MR) is 107 cm³/mol. The van der Waals surface area contributed by atoms with Crippen molar-refractivity contribution in [2.45, 2.75) is 25.1 Å². The number of carbonyl (C=O) groups excluding carboxylic acids is 1. The maximum atomic E-state index is 13.7. The molecule has 3 heterocycles. The van der Waals surface area contributed by atoms with Crippen LogP contribution in [0.5, 0.6) is 0 Å². The van der Waals surface area contributed by atoms with Crippen LogP contribution < -0.4 is 10.9 Å². The third kappa shape index (κ3) is 4.90. The van der Waals surface area contributed by atoms with Crippen molar-refractivity contribution in [2.24, 2.45) is 5.92 Å². The van der Waals surface area contributed by atoms with Gasteiger partial charge >= 0.3 is 6.18 Å². The lowest BCUT2D eigenvalue weighted by Crippen LogP contribution is -2.42. The summed E-state index contributed by atoms with van der Waals surface area (Å²) < 4.78 is 53.0. The Morgan fingerprint density at radius 3 is 2.55 bits per heavy atom. The predicted octanol–water partition coefficient (Wildman–Crippen LogP) is 2.35. The van der Waals surface area contributed by atoms with E-state index >= 15 is 0 Å². The first-order valence-electron chi connectivity index (χ1n) is 9.88. The zero-order valence-electron chi connectivity index (χ0n) is 16.9. The van der Waals surface area contributed by atoms with E-state index in [-0.39, 0.29) is 35.0 Å². The van der Waals surface area contributed by atoms with Gasteiger partial charge in [0.1, 0.15) is 17.1 Å². The molecular weight excluding hydrogens is 446 g/mol. The zero-order chi connectivity index (χ0) is 23.8. The van der Waals surface area contributed by atoms with E-state index in [1.165, 1.54) is 0 Å². The molecule has 3 aromatic heterocycles. The smallest absolute Gasteiger partial charge is 0.394 e. The summed E-state index contributed by atoms with van der Waals surface area (Å²) in [6.45, 7) is -0.320. The minimum absolute atomic E-state index is 0.0443. The first-order chi connectivity index (χ1) is 15.7. The van der Waals surface area contributed by atoms with Gasteiger partial charge in [0, 0.05) is 17.8 Å². The largest absolute Gasteiger partial charge is 0.433 e. The van der Waals surface area contributed by atoms with Gasteiger partial charge in [-0.3, -0.25) is 19.6 Å². The summed E-state index contributed by atoms with van der Waals surface area (Å²) in [5.74, 6) is -1.47. The molecule has 0 spiro atoms. The number of alkyl halides is 3. The van der Waals surface area contributed by atoms with Crippen LogP contribution in [0.2, 0.25) is 0 Å². The summed E-state index contributed by atoms with van der Waals surface area (Å²) in [5.41, 5.74) is -2.44. The molecule has 0 unspecified atom stereocenters. The molecule has 0 bridgehead atoms. The number of aromatic nitrogens is 4. The van der Waals surface area contributed by atoms with Crippen molar-refractivity contribution < 1.29 is 27.5 Å². The Labute approximate surface area is 183 Å². The number of pyridine rings is 2. The van der Waals surface area contributed by atoms with Crippen molar-refractivity contribution in [1.82, 2.24) is 25.1 Å². The molecule has 1 atom stereocenters. The Morgan fingerprint density at radius 2 is 1.97 bits per heavy atom. The van der Waals surface area contributed by atoms with E-state index in [4.69, 9.17) is 0 Å². The van der Waals surface area contributed by atoms with E-state index in [1.807, 2.05) is 0 Å². The third-order valence-electron chi connectivity index (χ3n) is 5.15. The van der Waals surface area contributed by atoms with Crippen molar-refractivity contribution >= 4 is 5.91 Å². The summed E-state index contributed by atoms with van der Waals surface area (Å²) in [7, 11) is 0. The summed E-state index contributed by atoms with van der Waals surface area (Å²) in [6, 6.07) is 3.38. The molecule has 33 heavy (non-hydrogen) atoms. The Hall–Kier alpha value is -3.67. The summed E-state index contributed by atoms with van der Waals surface area (Å²) in [4.78, 5) is 32.9. The van der Waals surface area contributed by atoms with Crippen molar-refractivity contribution in [2.75, 3.05) is 6.61 Å². The van der Waals surface area contributed by atoms with E-state index in [1.54, 1.807) is 0 Å². The highest BCUT2D eigenvalue weighted by atomic mass is 19.4. The van der Waals surface area contributed by atoms with Crippen molar-refractivity contribution in [1.29, 1.82) is 0 Å². The second-order valence-electron chi connectivity index (χ2n) is 7.55. The van der Waals surface area contributed by atoms with Gasteiger partial charge in [0.05, 0.1) is 36.4 Å². The van der Waals surface area contributed by atoms with Gasteiger partial charge in [-0.25, -0.2) is 4.39 Å². The molecule has 1 saturated carbocycles. The fraction of sp³-hybridized carbons (Fsp3) is 0.286. The monoisotopic (exact) mass is 463 g/mol. The fourth-order valence-electron chi connectivity index (χ4n) is 3.26. The molecule has 0 aliphatic heterocycles. The Morgan fingerprint density at radius 1 is 1.21 bits per heavy atom. The van der Waals surface area contributed by atoms with E-state index in [9.17, 15) is 32.3 Å². The van der Waals surface area contributed by atoms with Crippen LogP contribution in [0.3, 0.4) is 0 Å². The highest BCUT2D eigenvalue weighted by Crippen LogP contribution is 2.32. The van der Waals surface area contributed by atoms with Crippen LogP contribution in [0.1, 0.15) is 28.9 Å². The standard InChI is InChI=1S/C21H17F4N5O3/c22-13-5-14(9-26-8-13)30-20(33)15(19(32)28-17(10-31)11-1-2-11)6-16(29-30)12-3-4-18(27-7-12)21(23,24)25/h3-9,11,17,31H,1-2,10H2,(H,28,32)/t17-/m1/s1. The van der Waals surface area contributed by atoms with Crippen molar-refractivity contribution in [3.05, 3.63) is 70.3 Å². The first kappa shape index (κ1) is 22.5. The van der Waals surface area contributed by atoms with E-state index < -0.39 is 35.2 Å². The third-order valence-corrected chi connectivity index (χ3v) is 5.15. The van der Waals surface area contributed by atoms with Crippen LogP contribution in [0, 0.1) is 11.7 Å². The average molecular weight is 463 g/mol. The Bertz CT molecular complexity index is 1240. The minimum atomic E-state index is -4.65. The molecular formula is C21H17F4N5O3. The number of nitrogens with one attached hydrogen (secondary N) is 1. The number of rotatable bonds is 6. The van der Waals surface area contributed by atoms with E-state index in [0.29, 0.717) is 0 Å². The second kappa shape index (κ2) is 8.70. The SMILES string of the molecule is O=C(N[C@H](CO)C1CC1)c1cc(-c2ccc(C(F)(F)F)nc2)nn(-c2cncc(F)c2)c1=O. The highest BCUT2D eigenvalue weighted by Gasteiger charge is 2.33. The number of aliphatic hydroxyl groups is 1. The Kier molecular flexibility index (Phi) is 5.93. The maximum absolute atomic E-state index is 13.7. The Balaban J connectivity index is 1.81. The topological polar surface area (TPSA) is 110 Å². The van der Waals surface area contributed by atoms with Crippen molar-refractivity contribution in [3.63, 3.8) is 0 Å². The maximum Gasteiger partial charge on any atom is 0.433 e. The lowest BCUT2D eigenvalue weighted by Gasteiger charge is -2.16. The van der Waals surface area contributed by atoms with Gasteiger partial charge < -0.3 is 10.4 Å². The summed E-state index contributed by atoms with van der Waals surface area (Å²) in [6.07, 6.45) is -0.0354. The van der Waals surface area contributed by atoms with E-state index in [0.717, 1.165) is 60.4 Å². The molecule has 12 heteroatoms. The highest BCUT2D eigenvalue weighted by molar-refractivity contribution is 5.95. The molecule has 1 aliphatic rings. The van der Waals surface area contributed by atoms with Gasteiger partial charge in [-0.2, -0.15) is 23.0 Å². The quantitative estimate of drug-likeness (QED) is 0.543. The summed E-state index contributed by atoms with van der Waals surface area (Å²) >= 11 is 0. The number of hydrogen-bond acceptors (Lipinski definition) is 6. The molecule has 172 valence electrons. The van der Waals surface area contributed by atoms with Gasteiger partial charge in [0.2, 0.25) is 0 Å². The lowest BCUT2D eigenvalue weighted by molar-refractivity contribution is -0.141. The van der Waals surface area contributed by atoms with Gasteiger partial charge in [-0.1, -0.05) is 0 Å². The molecule has 0 radical (unpaired) electrons. The number of halogens is 4. The second-order valence-corrected chi connectivity index (χ2v) is 7.55. The van der Waals surface area contributed by atoms with Gasteiger partial charge in [-0.15, -0.1) is 0 Å². The van der Waals surface area contributed by atoms with Crippen LogP contribution in [0.15, 0.2) is 47.7 Å². The first-order valence-corrected chi connectivity index (χ1v) is 9.88. The molecule has 4 rings (SSSR count). The van der Waals surface area contributed by atoms with E-state index in [2.05, 4.69) is 20.4 Å². The minimum Gasteiger partial charge on any atom is -0.394 e. The fourth-order valence-corrected chi connectivity index (χ4v) is 3.26. The van der Waals surface area contributed by atoms with Crippen LogP contribution in [0.25, 0.3) is 16.9 Å². The van der Waals surface area contributed by atoms with Gasteiger partial charge in [0.15, 0.2) is 0 Å². The number of aliphatic hydroxyl groups excluding tert-OH is 1. The molecule has 0 aromatic carbocycles. The molecule has 1 fully saturated rings. The molecule has 8 nitrogen and oxygen atoms in total. The van der Waals surface area contributed by atoms with Crippen LogP contribution in [-0.4, -0.2) is 43.4 Å². The lowest BCUT2D eigenvalue weighted by atomic mass is 10.1. The van der Waals surface area contributed by atoms with Crippen molar-refractivity contribution in [3.8, 4) is 16.9 Å². The number of amides is 1. The zero-order valence-corrected chi connectivity index (χ0v) is 16.9. The molecule has 3 aromatic rings. The van der Waals surface area contributed by atoms with Crippen LogP contribution in [0.4, 0.5) is 17.6 Å². The molecule has 1 aliphatic carbocycles. The molecule has 2 N–H and O–H groups in total. The summed E-state index contributed by atoms with van der Waals surface area (Å²) in [5, 5.41) is 16.2. The normalized spacial score (nSPS) is 14.7. The van der Waals surface area contributed by atoms with Crippen LogP contribution >= 0.6 is 0 Å².